The molecule has 5 heteroatoms. The second-order valence-electron chi connectivity index (χ2n) is 4.23. The number of carboxylic acid groups (broad SMARTS) is 1. The number of carboxylic acids is 1. The minimum Gasteiger partial charge on any atom is -0.497 e. The number of hydrogen-bond acceptors (Lipinski definition) is 2. The van der Waals surface area contributed by atoms with Gasteiger partial charge in [0.15, 0.2) is 0 Å². The second-order valence-corrected chi connectivity index (χ2v) is 4.64. The molecule has 21 heavy (non-hydrogen) atoms. The minimum absolute atomic E-state index is 0.0411. The van der Waals surface area contributed by atoms with Gasteiger partial charge in [0.2, 0.25) is 0 Å². The first-order chi connectivity index (χ1) is 10.0. The van der Waals surface area contributed by atoms with Crippen LogP contribution < -0.4 is 4.74 Å². The Kier molecular flexibility index (Phi) is 4.60. The Balaban J connectivity index is 2.58. The zero-order valence-electron chi connectivity index (χ0n) is 11.1. The topological polar surface area (TPSA) is 46.5 Å². The van der Waals surface area contributed by atoms with Crippen LogP contribution in [0.5, 0.6) is 5.75 Å². The number of halogens is 2. The summed E-state index contributed by atoms with van der Waals surface area (Å²) in [6.07, 6.45) is 1.22. The largest absolute Gasteiger partial charge is 0.497 e. The van der Waals surface area contributed by atoms with Gasteiger partial charge in [0.25, 0.3) is 0 Å². The van der Waals surface area contributed by atoms with Gasteiger partial charge in [-0.2, -0.15) is 0 Å². The van der Waals surface area contributed by atoms with Gasteiger partial charge in [-0.15, -0.1) is 0 Å². The van der Waals surface area contributed by atoms with Gasteiger partial charge in [0, 0.05) is 5.56 Å². The smallest absolute Gasteiger partial charge is 0.336 e. The van der Waals surface area contributed by atoms with Crippen molar-refractivity contribution in [1.82, 2.24) is 0 Å². The summed E-state index contributed by atoms with van der Waals surface area (Å²) in [6, 6.07) is 10.7. The van der Waals surface area contributed by atoms with E-state index in [4.69, 9.17) is 16.3 Å². The van der Waals surface area contributed by atoms with Crippen molar-refractivity contribution in [2.75, 3.05) is 7.11 Å². The van der Waals surface area contributed by atoms with E-state index in [1.165, 1.54) is 31.4 Å². The highest BCUT2D eigenvalue weighted by atomic mass is 35.5. The monoisotopic (exact) mass is 306 g/mol. The number of hydrogen-bond donors (Lipinski definition) is 1. The van der Waals surface area contributed by atoms with Crippen LogP contribution in [-0.4, -0.2) is 18.2 Å². The van der Waals surface area contributed by atoms with Crippen molar-refractivity contribution in [2.24, 2.45) is 0 Å². The van der Waals surface area contributed by atoms with E-state index in [0.717, 1.165) is 0 Å². The van der Waals surface area contributed by atoms with E-state index in [-0.39, 0.29) is 16.2 Å². The highest BCUT2D eigenvalue weighted by Crippen LogP contribution is 2.27. The number of benzene rings is 2. The summed E-state index contributed by atoms with van der Waals surface area (Å²) in [4.78, 5) is 11.5. The van der Waals surface area contributed by atoms with Crippen LogP contribution in [0.3, 0.4) is 0 Å². The third kappa shape index (κ3) is 3.41. The Morgan fingerprint density at radius 1 is 1.29 bits per heavy atom. The Bertz CT molecular complexity index is 690. The van der Waals surface area contributed by atoms with Gasteiger partial charge in [-0.3, -0.25) is 0 Å². The van der Waals surface area contributed by atoms with Crippen LogP contribution in [0.25, 0.3) is 11.6 Å². The van der Waals surface area contributed by atoms with Crippen LogP contribution in [0.1, 0.15) is 11.1 Å². The molecule has 2 aromatic rings. The SMILES string of the molecule is COc1cccc(/C(=C/c2c(F)cccc2Cl)C(=O)O)c1. The third-order valence-corrected chi connectivity index (χ3v) is 3.23. The number of methoxy groups -OCH3 is 1. The number of ether oxygens (including phenoxy) is 1. The minimum atomic E-state index is -1.18. The first kappa shape index (κ1) is 15.1. The number of aliphatic carboxylic acids is 1. The summed E-state index contributed by atoms with van der Waals surface area (Å²) in [6.45, 7) is 0. The van der Waals surface area contributed by atoms with E-state index in [1.54, 1.807) is 24.3 Å². The van der Waals surface area contributed by atoms with Crippen LogP contribution in [0, 0.1) is 5.82 Å². The van der Waals surface area contributed by atoms with Crippen molar-refractivity contribution in [3.63, 3.8) is 0 Å². The van der Waals surface area contributed by atoms with Crippen LogP contribution in [0.15, 0.2) is 42.5 Å². The second kappa shape index (κ2) is 6.41. The fraction of sp³-hybridized carbons (Fsp3) is 0.0625. The van der Waals surface area contributed by atoms with Gasteiger partial charge >= 0.3 is 5.97 Å². The molecular formula is C16H12ClFO3. The van der Waals surface area contributed by atoms with Crippen molar-refractivity contribution in [2.45, 2.75) is 0 Å². The molecule has 0 amide bonds. The molecule has 0 aliphatic heterocycles. The molecule has 0 saturated heterocycles. The van der Waals surface area contributed by atoms with Crippen molar-refractivity contribution in [3.8, 4) is 5.75 Å². The maximum absolute atomic E-state index is 13.8. The zero-order chi connectivity index (χ0) is 15.4. The van der Waals surface area contributed by atoms with Crippen molar-refractivity contribution in [1.29, 1.82) is 0 Å². The average Bonchev–Trinajstić information content (AvgIpc) is 2.46. The van der Waals surface area contributed by atoms with Gasteiger partial charge in [-0.05, 0) is 35.9 Å². The Morgan fingerprint density at radius 2 is 2.00 bits per heavy atom. The van der Waals surface area contributed by atoms with Crippen molar-refractivity contribution in [3.05, 3.63) is 64.4 Å². The Hall–Kier alpha value is -2.33. The first-order valence-corrected chi connectivity index (χ1v) is 6.44. The van der Waals surface area contributed by atoms with Gasteiger partial charge < -0.3 is 9.84 Å². The summed E-state index contributed by atoms with van der Waals surface area (Å²) in [7, 11) is 1.48. The average molecular weight is 307 g/mol. The molecule has 0 unspecified atom stereocenters. The van der Waals surface area contributed by atoms with Gasteiger partial charge in [0.1, 0.15) is 11.6 Å². The molecule has 0 radical (unpaired) electrons. The van der Waals surface area contributed by atoms with Crippen LogP contribution in [0.2, 0.25) is 5.02 Å². The van der Waals surface area contributed by atoms with Crippen molar-refractivity contribution < 1.29 is 19.0 Å². The highest BCUT2D eigenvalue weighted by Gasteiger charge is 2.14. The van der Waals surface area contributed by atoms with Gasteiger partial charge in [-0.1, -0.05) is 29.8 Å². The molecular weight excluding hydrogens is 295 g/mol. The van der Waals surface area contributed by atoms with Gasteiger partial charge in [0.05, 0.1) is 17.7 Å². The number of carbonyl (C=O) groups is 1. The lowest BCUT2D eigenvalue weighted by Crippen LogP contribution is -2.00. The maximum Gasteiger partial charge on any atom is 0.336 e. The normalized spacial score (nSPS) is 11.3. The lowest BCUT2D eigenvalue weighted by atomic mass is 10.0. The van der Waals surface area contributed by atoms with Gasteiger partial charge in [-0.25, -0.2) is 9.18 Å². The lowest BCUT2D eigenvalue weighted by molar-refractivity contribution is -0.130. The predicted octanol–water partition coefficient (Wildman–Crippen LogP) is 4.11. The highest BCUT2D eigenvalue weighted by molar-refractivity contribution is 6.33. The summed E-state index contributed by atoms with van der Waals surface area (Å²) < 4.78 is 18.9. The van der Waals surface area contributed by atoms with Crippen molar-refractivity contribution >= 4 is 29.2 Å². The maximum atomic E-state index is 13.8. The predicted molar refractivity (Wildman–Crippen MR) is 79.9 cm³/mol. The fourth-order valence-corrected chi connectivity index (χ4v) is 2.07. The molecule has 2 aromatic carbocycles. The molecule has 0 aliphatic rings. The molecule has 0 spiro atoms. The molecule has 0 fully saturated rings. The molecule has 0 saturated carbocycles. The van der Waals surface area contributed by atoms with E-state index < -0.39 is 11.8 Å². The van der Waals surface area contributed by atoms with Crippen LogP contribution in [-0.2, 0) is 4.79 Å². The Morgan fingerprint density at radius 3 is 2.62 bits per heavy atom. The van der Waals surface area contributed by atoms with E-state index in [2.05, 4.69) is 0 Å². The summed E-state index contributed by atoms with van der Waals surface area (Å²) >= 11 is 5.92. The third-order valence-electron chi connectivity index (χ3n) is 2.90. The summed E-state index contributed by atoms with van der Waals surface area (Å²) in [5, 5.41) is 9.51. The van der Waals surface area contributed by atoms with E-state index >= 15 is 0 Å². The zero-order valence-corrected chi connectivity index (χ0v) is 11.9. The Labute approximate surface area is 126 Å². The standard InChI is InChI=1S/C16H12ClFO3/c1-21-11-5-2-4-10(8-11)12(16(19)20)9-13-14(17)6-3-7-15(13)18/h2-9H,1H3,(H,19,20)/b12-9-. The first-order valence-electron chi connectivity index (χ1n) is 6.06. The molecule has 108 valence electrons. The molecule has 0 bridgehead atoms. The molecule has 0 atom stereocenters. The summed E-state index contributed by atoms with van der Waals surface area (Å²) in [5.41, 5.74) is 0.376. The molecule has 0 aliphatic carbocycles. The molecule has 0 heterocycles. The van der Waals surface area contributed by atoms with Crippen LogP contribution >= 0.6 is 11.6 Å². The molecule has 0 aromatic heterocycles. The number of rotatable bonds is 4. The molecule has 2 rings (SSSR count). The van der Waals surface area contributed by atoms with Crippen LogP contribution in [0.4, 0.5) is 4.39 Å². The lowest BCUT2D eigenvalue weighted by Gasteiger charge is -2.07. The summed E-state index contributed by atoms with van der Waals surface area (Å²) in [5.74, 6) is -1.24. The fourth-order valence-electron chi connectivity index (χ4n) is 1.85. The quantitative estimate of drug-likeness (QED) is 0.683. The van der Waals surface area contributed by atoms with E-state index in [9.17, 15) is 14.3 Å². The van der Waals surface area contributed by atoms with E-state index in [0.29, 0.717) is 11.3 Å². The van der Waals surface area contributed by atoms with E-state index in [1.807, 2.05) is 0 Å². The molecule has 3 nitrogen and oxygen atoms in total. The molecule has 1 N–H and O–H groups in total.